The predicted molar refractivity (Wildman–Crippen MR) is 148 cm³/mol. The Morgan fingerprint density at radius 1 is 1.16 bits per heavy atom. The molecule has 10 heteroatoms. The number of nitrogens with one attached hydrogen (secondary N) is 2. The quantitative estimate of drug-likeness (QED) is 0.344. The van der Waals surface area contributed by atoms with E-state index < -0.39 is 0 Å². The Bertz CT molecular complexity index is 1490. The topological polar surface area (TPSA) is 106 Å². The van der Waals surface area contributed by atoms with E-state index >= 15 is 0 Å². The van der Waals surface area contributed by atoms with Crippen LogP contribution in [-0.2, 0) is 9.53 Å². The van der Waals surface area contributed by atoms with Gasteiger partial charge in [0.05, 0.1) is 42.1 Å². The van der Waals surface area contributed by atoms with Crippen LogP contribution in [0.4, 0.5) is 5.69 Å². The summed E-state index contributed by atoms with van der Waals surface area (Å²) in [4.78, 5) is 28.2. The van der Waals surface area contributed by atoms with Crippen LogP contribution in [0.15, 0.2) is 47.8 Å². The van der Waals surface area contributed by atoms with E-state index in [1.54, 1.807) is 11.0 Å². The van der Waals surface area contributed by atoms with Gasteiger partial charge in [0.15, 0.2) is 18.1 Å². The third-order valence-corrected chi connectivity index (χ3v) is 7.32. The van der Waals surface area contributed by atoms with Crippen LogP contribution in [-0.4, -0.2) is 66.9 Å². The summed E-state index contributed by atoms with van der Waals surface area (Å²) in [7, 11) is 1.51. The van der Waals surface area contributed by atoms with Crippen LogP contribution in [0, 0.1) is 6.92 Å². The third-order valence-electron chi connectivity index (χ3n) is 6.30. The first-order valence-electron chi connectivity index (χ1n) is 12.2. The summed E-state index contributed by atoms with van der Waals surface area (Å²) in [6.45, 7) is 3.84. The monoisotopic (exact) mass is 532 g/mol. The zero-order chi connectivity index (χ0) is 26.5. The Balaban J connectivity index is 1.46. The third kappa shape index (κ3) is 5.41. The smallest absolute Gasteiger partial charge is 0.266 e. The van der Waals surface area contributed by atoms with Gasteiger partial charge in [0.2, 0.25) is 0 Å². The lowest BCUT2D eigenvalue weighted by molar-refractivity contribution is -0.137. The van der Waals surface area contributed by atoms with Crippen molar-refractivity contribution >= 4 is 51.9 Å². The number of carbonyl (C=O) groups is 2. The highest BCUT2D eigenvalue weighted by molar-refractivity contribution is 7.12. The van der Waals surface area contributed by atoms with E-state index in [1.165, 1.54) is 18.4 Å². The number of fused-ring (bicyclic) bond motifs is 1. The van der Waals surface area contributed by atoms with Crippen LogP contribution < -0.4 is 14.8 Å². The molecular weight excluding hydrogens is 504 g/mol. The average Bonchev–Trinajstić information content (AvgIpc) is 3.57. The van der Waals surface area contributed by atoms with Gasteiger partial charge < -0.3 is 24.4 Å². The molecule has 3 heterocycles. The van der Waals surface area contributed by atoms with E-state index in [-0.39, 0.29) is 18.4 Å². The summed E-state index contributed by atoms with van der Waals surface area (Å²) in [5.41, 5.74) is 3.72. The molecule has 9 nitrogen and oxygen atoms in total. The SMILES string of the molecule is COc1c(OCC(=O)N2CCOCC2)ccc(C=Cc2n[nH]c3ccccc23)c1NC(=O)c1sccc1C. The standard InChI is InChI=1S/C28H28N4O5S/c1-18-11-16-38-27(18)28(34)29-25-19(7-9-22-20-5-3-4-6-21(20)30-31-22)8-10-23(26(25)35-2)37-17-24(33)32-12-14-36-15-13-32/h3-11,16H,12-15,17H2,1-2H3,(H,29,34)(H,30,31). The lowest BCUT2D eigenvalue weighted by atomic mass is 10.1. The average molecular weight is 533 g/mol. The number of para-hydroxylation sites is 1. The van der Waals surface area contributed by atoms with Crippen LogP contribution in [0.2, 0.25) is 0 Å². The number of nitrogens with zero attached hydrogens (tertiary/aromatic N) is 2. The Morgan fingerprint density at radius 2 is 1.97 bits per heavy atom. The number of morpholine rings is 1. The van der Waals surface area contributed by atoms with E-state index in [4.69, 9.17) is 14.2 Å². The second-order valence-electron chi connectivity index (χ2n) is 8.72. The number of rotatable bonds is 8. The maximum Gasteiger partial charge on any atom is 0.266 e. The van der Waals surface area contributed by atoms with Crippen LogP contribution in [0.1, 0.15) is 26.5 Å². The minimum absolute atomic E-state index is 0.135. The van der Waals surface area contributed by atoms with E-state index in [0.717, 1.165) is 22.2 Å². The number of aromatic nitrogens is 2. The zero-order valence-corrected chi connectivity index (χ0v) is 22.0. The number of benzene rings is 2. The first-order chi connectivity index (χ1) is 18.5. The summed E-state index contributed by atoms with van der Waals surface area (Å²) >= 11 is 1.37. The fraction of sp³-hybridized carbons (Fsp3) is 0.250. The summed E-state index contributed by atoms with van der Waals surface area (Å²) in [5, 5.41) is 13.3. The van der Waals surface area contributed by atoms with Crippen molar-refractivity contribution in [2.45, 2.75) is 6.92 Å². The summed E-state index contributed by atoms with van der Waals surface area (Å²) in [6.07, 6.45) is 3.74. The number of hydrogen-bond donors (Lipinski definition) is 2. The van der Waals surface area contributed by atoms with Crippen molar-refractivity contribution in [3.63, 3.8) is 0 Å². The van der Waals surface area contributed by atoms with Gasteiger partial charge in [-0.15, -0.1) is 11.3 Å². The minimum atomic E-state index is -0.253. The zero-order valence-electron chi connectivity index (χ0n) is 21.2. The van der Waals surface area contributed by atoms with Crippen LogP contribution in [0.5, 0.6) is 11.5 Å². The van der Waals surface area contributed by atoms with Crippen LogP contribution in [0.3, 0.4) is 0 Å². The van der Waals surface area contributed by atoms with Crippen LogP contribution in [0.25, 0.3) is 23.1 Å². The lowest BCUT2D eigenvalue weighted by Gasteiger charge is -2.27. The van der Waals surface area contributed by atoms with Crippen molar-refractivity contribution in [1.82, 2.24) is 15.1 Å². The van der Waals surface area contributed by atoms with Gasteiger partial charge >= 0.3 is 0 Å². The van der Waals surface area contributed by atoms with Gasteiger partial charge in [-0.1, -0.05) is 24.3 Å². The molecule has 4 aromatic rings. The Hall–Kier alpha value is -4.15. The first kappa shape index (κ1) is 25.5. The number of H-pyrrole nitrogens is 1. The Morgan fingerprint density at radius 3 is 2.74 bits per heavy atom. The molecule has 0 unspecified atom stereocenters. The van der Waals surface area contributed by atoms with E-state index in [1.807, 2.05) is 60.9 Å². The molecule has 5 rings (SSSR count). The first-order valence-corrected chi connectivity index (χ1v) is 13.1. The highest BCUT2D eigenvalue weighted by Crippen LogP contribution is 2.40. The van der Waals surface area contributed by atoms with Gasteiger partial charge in [0, 0.05) is 24.0 Å². The number of amides is 2. The predicted octanol–water partition coefficient (Wildman–Crippen LogP) is 4.60. The summed E-state index contributed by atoms with van der Waals surface area (Å²) < 4.78 is 16.9. The molecule has 0 spiro atoms. The molecule has 2 amide bonds. The number of aryl methyl sites for hydroxylation is 1. The maximum absolute atomic E-state index is 13.2. The number of carbonyl (C=O) groups excluding carboxylic acids is 2. The molecule has 0 atom stereocenters. The van der Waals surface area contributed by atoms with Crippen molar-refractivity contribution in [1.29, 1.82) is 0 Å². The molecule has 1 aliphatic heterocycles. The maximum atomic E-state index is 13.2. The molecule has 1 saturated heterocycles. The largest absolute Gasteiger partial charge is 0.491 e. The fourth-order valence-corrected chi connectivity index (χ4v) is 5.08. The molecule has 0 radical (unpaired) electrons. The van der Waals surface area contributed by atoms with E-state index in [0.29, 0.717) is 53.9 Å². The summed E-state index contributed by atoms with van der Waals surface area (Å²) in [6, 6.07) is 13.3. The van der Waals surface area contributed by atoms with Gasteiger partial charge in [0.1, 0.15) is 0 Å². The second-order valence-corrected chi connectivity index (χ2v) is 9.63. The molecule has 38 heavy (non-hydrogen) atoms. The number of ether oxygens (including phenoxy) is 3. The number of aromatic amines is 1. The molecule has 0 aliphatic carbocycles. The minimum Gasteiger partial charge on any atom is -0.491 e. The molecule has 2 N–H and O–H groups in total. The highest BCUT2D eigenvalue weighted by atomic mass is 32.1. The molecule has 2 aromatic heterocycles. The van der Waals surface area contributed by atoms with Crippen molar-refractivity contribution < 1.29 is 23.8 Å². The molecule has 196 valence electrons. The van der Waals surface area contributed by atoms with Crippen LogP contribution >= 0.6 is 11.3 Å². The molecule has 0 bridgehead atoms. The number of thiophene rings is 1. The lowest BCUT2D eigenvalue weighted by Crippen LogP contribution is -2.43. The van der Waals surface area contributed by atoms with Crippen molar-refractivity contribution in [3.8, 4) is 11.5 Å². The normalized spacial score (nSPS) is 13.7. The van der Waals surface area contributed by atoms with Gasteiger partial charge in [-0.2, -0.15) is 5.10 Å². The van der Waals surface area contributed by atoms with Gasteiger partial charge in [-0.3, -0.25) is 14.7 Å². The van der Waals surface area contributed by atoms with Crippen molar-refractivity contribution in [2.24, 2.45) is 0 Å². The van der Waals surface area contributed by atoms with Gasteiger partial charge in [0.25, 0.3) is 11.8 Å². The second kappa shape index (κ2) is 11.5. The molecular formula is C28H28N4O5S. The molecule has 1 aliphatic rings. The highest BCUT2D eigenvalue weighted by Gasteiger charge is 2.22. The Kier molecular flexibility index (Phi) is 7.71. The van der Waals surface area contributed by atoms with Gasteiger partial charge in [-0.25, -0.2) is 0 Å². The van der Waals surface area contributed by atoms with Crippen molar-refractivity contribution in [3.05, 3.63) is 69.5 Å². The van der Waals surface area contributed by atoms with E-state index in [9.17, 15) is 9.59 Å². The number of anilines is 1. The number of methoxy groups -OCH3 is 1. The van der Waals surface area contributed by atoms with Crippen molar-refractivity contribution in [2.75, 3.05) is 45.3 Å². The molecule has 0 saturated carbocycles. The summed E-state index contributed by atoms with van der Waals surface area (Å²) in [5.74, 6) is 0.299. The fourth-order valence-electron chi connectivity index (χ4n) is 4.26. The van der Waals surface area contributed by atoms with E-state index in [2.05, 4.69) is 15.5 Å². The van der Waals surface area contributed by atoms with Gasteiger partial charge in [-0.05, 0) is 48.2 Å². The molecule has 1 fully saturated rings. The number of hydrogen-bond acceptors (Lipinski definition) is 7. The molecule has 2 aromatic carbocycles. The Labute approximate surface area is 224 Å².